The number of hydrogen-bond acceptors (Lipinski definition) is 3. The molecular formula is C23H35N3O3. The minimum Gasteiger partial charge on any atom is -0.444 e. The van der Waals surface area contributed by atoms with E-state index in [9.17, 15) is 9.59 Å². The molecule has 2 aliphatic rings. The van der Waals surface area contributed by atoms with E-state index in [-0.39, 0.29) is 29.7 Å². The number of benzene rings is 1. The Kier molecular flexibility index (Phi) is 5.84. The van der Waals surface area contributed by atoms with Crippen molar-refractivity contribution in [2.45, 2.75) is 77.6 Å². The second-order valence-corrected chi connectivity index (χ2v) is 10.1. The number of urea groups is 1. The summed E-state index contributed by atoms with van der Waals surface area (Å²) in [6, 6.07) is 10.5. The van der Waals surface area contributed by atoms with Crippen molar-refractivity contribution in [2.75, 3.05) is 19.6 Å². The molecule has 1 aromatic carbocycles. The van der Waals surface area contributed by atoms with E-state index in [2.05, 4.69) is 37.8 Å². The zero-order valence-electron chi connectivity index (χ0n) is 18.6. The average Bonchev–Trinajstić information content (AvgIpc) is 2.99. The SMILES string of the molecule is CC(C)(C)OC(=O)N1CCC(N2C(=O)N(C(C)(C)C)C[C@H]2c2ccccc2)CC1. The number of hydrogen-bond donors (Lipinski definition) is 0. The second-order valence-electron chi connectivity index (χ2n) is 10.1. The minimum absolute atomic E-state index is 0.0426. The molecule has 6 heteroatoms. The van der Waals surface area contributed by atoms with Crippen LogP contribution in [-0.4, -0.2) is 63.6 Å². The maximum absolute atomic E-state index is 13.4. The lowest BCUT2D eigenvalue weighted by molar-refractivity contribution is 0.0157. The largest absolute Gasteiger partial charge is 0.444 e. The third-order valence-electron chi connectivity index (χ3n) is 5.65. The summed E-state index contributed by atoms with van der Waals surface area (Å²) in [4.78, 5) is 31.6. The zero-order valence-corrected chi connectivity index (χ0v) is 18.6. The van der Waals surface area contributed by atoms with Gasteiger partial charge in [-0.25, -0.2) is 9.59 Å². The number of rotatable bonds is 2. The van der Waals surface area contributed by atoms with E-state index in [4.69, 9.17) is 4.74 Å². The third-order valence-corrected chi connectivity index (χ3v) is 5.65. The number of ether oxygens (including phenoxy) is 1. The zero-order chi connectivity index (χ0) is 21.4. The van der Waals surface area contributed by atoms with Crippen LogP contribution >= 0.6 is 0 Å². The number of carbonyl (C=O) groups excluding carboxylic acids is 2. The van der Waals surface area contributed by atoms with E-state index >= 15 is 0 Å². The molecule has 0 aromatic heterocycles. The monoisotopic (exact) mass is 401 g/mol. The van der Waals surface area contributed by atoms with Crippen LogP contribution in [0.3, 0.4) is 0 Å². The molecule has 3 rings (SSSR count). The van der Waals surface area contributed by atoms with Gasteiger partial charge in [0, 0.05) is 31.2 Å². The number of piperidine rings is 1. The molecule has 0 saturated carbocycles. The molecule has 2 saturated heterocycles. The molecule has 0 unspecified atom stereocenters. The maximum Gasteiger partial charge on any atom is 0.410 e. The van der Waals surface area contributed by atoms with Crippen LogP contribution in [0.1, 0.15) is 66.0 Å². The lowest BCUT2D eigenvalue weighted by atomic mass is 9.99. The molecule has 6 nitrogen and oxygen atoms in total. The molecule has 0 radical (unpaired) electrons. The van der Waals surface area contributed by atoms with Crippen molar-refractivity contribution in [2.24, 2.45) is 0 Å². The van der Waals surface area contributed by atoms with Crippen LogP contribution in [0.15, 0.2) is 30.3 Å². The summed E-state index contributed by atoms with van der Waals surface area (Å²) in [5.41, 5.74) is 0.447. The Morgan fingerprint density at radius 3 is 2.10 bits per heavy atom. The summed E-state index contributed by atoms with van der Waals surface area (Å²) >= 11 is 0. The van der Waals surface area contributed by atoms with Gasteiger partial charge in [0.1, 0.15) is 5.60 Å². The van der Waals surface area contributed by atoms with E-state index in [1.807, 2.05) is 43.9 Å². The van der Waals surface area contributed by atoms with Gasteiger partial charge >= 0.3 is 12.1 Å². The first-order chi connectivity index (χ1) is 13.5. The van der Waals surface area contributed by atoms with E-state index < -0.39 is 5.60 Å². The van der Waals surface area contributed by atoms with E-state index in [0.717, 1.165) is 12.8 Å². The lowest BCUT2D eigenvalue weighted by Crippen LogP contribution is -2.51. The molecule has 2 fully saturated rings. The normalized spacial score (nSPS) is 21.7. The summed E-state index contributed by atoms with van der Waals surface area (Å²) in [7, 11) is 0. The minimum atomic E-state index is -0.496. The van der Waals surface area contributed by atoms with Crippen LogP contribution in [-0.2, 0) is 4.74 Å². The van der Waals surface area contributed by atoms with E-state index in [1.54, 1.807) is 4.90 Å². The predicted octanol–water partition coefficient (Wildman–Crippen LogP) is 4.66. The highest BCUT2D eigenvalue weighted by Gasteiger charge is 2.46. The van der Waals surface area contributed by atoms with Crippen LogP contribution < -0.4 is 0 Å². The van der Waals surface area contributed by atoms with Crippen molar-refractivity contribution in [1.82, 2.24) is 14.7 Å². The Labute approximate surface area is 174 Å². The summed E-state index contributed by atoms with van der Waals surface area (Å²) in [5.74, 6) is 0. The first-order valence-corrected chi connectivity index (χ1v) is 10.6. The molecule has 0 N–H and O–H groups in total. The molecule has 0 aliphatic carbocycles. The number of carbonyl (C=O) groups is 2. The lowest BCUT2D eigenvalue weighted by Gasteiger charge is -2.39. The number of nitrogens with zero attached hydrogens (tertiary/aromatic N) is 3. The van der Waals surface area contributed by atoms with Gasteiger partial charge in [0.25, 0.3) is 0 Å². The smallest absolute Gasteiger partial charge is 0.410 e. The van der Waals surface area contributed by atoms with Gasteiger partial charge in [-0.3, -0.25) is 0 Å². The third kappa shape index (κ3) is 4.85. The van der Waals surface area contributed by atoms with Crippen LogP contribution in [0.4, 0.5) is 9.59 Å². The summed E-state index contributed by atoms with van der Waals surface area (Å²) in [6.07, 6.45) is 1.28. The molecule has 0 spiro atoms. The van der Waals surface area contributed by atoms with Gasteiger partial charge in [0.2, 0.25) is 0 Å². The Bertz CT molecular complexity index is 728. The predicted molar refractivity (Wildman–Crippen MR) is 114 cm³/mol. The Hall–Kier alpha value is -2.24. The Morgan fingerprint density at radius 2 is 1.59 bits per heavy atom. The van der Waals surface area contributed by atoms with Crippen LogP contribution in [0.5, 0.6) is 0 Å². The fraction of sp³-hybridized carbons (Fsp3) is 0.652. The molecule has 29 heavy (non-hydrogen) atoms. The standard InChI is InChI=1S/C23H35N3O3/c1-22(2,3)25-16-19(17-10-8-7-9-11-17)26(20(25)27)18-12-14-24(15-13-18)21(28)29-23(4,5)6/h7-11,18-19H,12-16H2,1-6H3/t19-/m0/s1. The van der Waals surface area contributed by atoms with Crippen molar-refractivity contribution in [3.63, 3.8) is 0 Å². The fourth-order valence-electron chi connectivity index (χ4n) is 4.18. The van der Waals surface area contributed by atoms with Crippen molar-refractivity contribution in [3.8, 4) is 0 Å². The Morgan fingerprint density at radius 1 is 1.00 bits per heavy atom. The van der Waals surface area contributed by atoms with Crippen LogP contribution in [0, 0.1) is 0 Å². The Balaban J connectivity index is 1.75. The first-order valence-electron chi connectivity index (χ1n) is 10.6. The van der Waals surface area contributed by atoms with Gasteiger partial charge in [0.05, 0.1) is 6.04 Å². The van der Waals surface area contributed by atoms with E-state index in [1.165, 1.54) is 5.56 Å². The summed E-state index contributed by atoms with van der Waals surface area (Å²) in [6.45, 7) is 13.8. The first kappa shape index (κ1) is 21.5. The second kappa shape index (κ2) is 7.88. The van der Waals surface area contributed by atoms with Crippen LogP contribution in [0.25, 0.3) is 0 Å². The quantitative estimate of drug-likeness (QED) is 0.724. The molecule has 0 bridgehead atoms. The maximum atomic E-state index is 13.4. The van der Waals surface area contributed by atoms with Crippen molar-refractivity contribution in [3.05, 3.63) is 35.9 Å². The highest BCUT2D eigenvalue weighted by atomic mass is 16.6. The van der Waals surface area contributed by atoms with Crippen molar-refractivity contribution < 1.29 is 14.3 Å². The summed E-state index contributed by atoms with van der Waals surface area (Å²) in [5, 5.41) is 0. The molecule has 3 amide bonds. The van der Waals surface area contributed by atoms with Crippen LogP contribution in [0.2, 0.25) is 0 Å². The molecule has 2 aliphatic heterocycles. The molecule has 1 aromatic rings. The average molecular weight is 402 g/mol. The van der Waals surface area contributed by atoms with Gasteiger partial charge in [0.15, 0.2) is 0 Å². The highest BCUT2D eigenvalue weighted by molar-refractivity contribution is 5.79. The van der Waals surface area contributed by atoms with Gasteiger partial charge < -0.3 is 19.4 Å². The van der Waals surface area contributed by atoms with Gasteiger partial charge in [-0.05, 0) is 59.9 Å². The van der Waals surface area contributed by atoms with Gasteiger partial charge in [-0.1, -0.05) is 30.3 Å². The summed E-state index contributed by atoms with van der Waals surface area (Å²) < 4.78 is 5.51. The highest BCUT2D eigenvalue weighted by Crippen LogP contribution is 2.37. The molecule has 1 atom stereocenters. The van der Waals surface area contributed by atoms with Gasteiger partial charge in [-0.15, -0.1) is 0 Å². The number of amides is 3. The van der Waals surface area contributed by atoms with Gasteiger partial charge in [-0.2, -0.15) is 0 Å². The fourth-order valence-corrected chi connectivity index (χ4v) is 4.18. The molecule has 2 heterocycles. The number of likely N-dealkylation sites (tertiary alicyclic amines) is 1. The van der Waals surface area contributed by atoms with Crippen molar-refractivity contribution >= 4 is 12.1 Å². The topological polar surface area (TPSA) is 53.1 Å². The van der Waals surface area contributed by atoms with Crippen molar-refractivity contribution in [1.29, 1.82) is 0 Å². The van der Waals surface area contributed by atoms with E-state index in [0.29, 0.717) is 19.6 Å². The molecular weight excluding hydrogens is 366 g/mol. The molecule has 160 valence electrons.